The number of nitrogens with zero attached hydrogens (tertiary/aromatic N) is 2. The van der Waals surface area contributed by atoms with E-state index in [-0.39, 0.29) is 28.8 Å². The van der Waals surface area contributed by atoms with Gasteiger partial charge in [0.1, 0.15) is 16.5 Å². The van der Waals surface area contributed by atoms with Gasteiger partial charge in [0, 0.05) is 10.7 Å². The second kappa shape index (κ2) is 4.19. The van der Waals surface area contributed by atoms with Crippen LogP contribution in [0.2, 0.25) is 0 Å². The van der Waals surface area contributed by atoms with Crippen molar-refractivity contribution < 1.29 is 13.2 Å². The summed E-state index contributed by atoms with van der Waals surface area (Å²) in [6.07, 6.45) is 1.41. The molecule has 0 saturated heterocycles. The van der Waals surface area contributed by atoms with Crippen LogP contribution in [-0.2, 0) is 14.8 Å². The average Bonchev–Trinajstić information content (AvgIpc) is 2.17. The lowest BCUT2D eigenvalue weighted by atomic mass is 10.3. The van der Waals surface area contributed by atoms with Crippen LogP contribution in [0.15, 0.2) is 26.0 Å². The summed E-state index contributed by atoms with van der Waals surface area (Å²) >= 11 is 3.14. The van der Waals surface area contributed by atoms with Crippen molar-refractivity contribution in [2.75, 3.05) is 5.32 Å². The number of hydrogen-bond acceptors (Lipinski definition) is 5. The van der Waals surface area contributed by atoms with Crippen molar-refractivity contribution in [1.29, 1.82) is 0 Å². The first-order valence-corrected chi connectivity index (χ1v) is 6.87. The Labute approximate surface area is 106 Å². The molecule has 1 aliphatic rings. The smallest absolute Gasteiger partial charge is 0.287 e. The fraction of sp³-hybridized carbons (Fsp3) is 0.222. The van der Waals surface area contributed by atoms with Crippen LogP contribution in [0, 0.1) is 0 Å². The molecule has 1 aromatic rings. The van der Waals surface area contributed by atoms with Gasteiger partial charge in [-0.25, -0.2) is 4.98 Å². The van der Waals surface area contributed by atoms with E-state index in [1.54, 1.807) is 0 Å². The van der Waals surface area contributed by atoms with Gasteiger partial charge in [-0.1, -0.05) is 0 Å². The Kier molecular flexibility index (Phi) is 3.00. The van der Waals surface area contributed by atoms with Crippen LogP contribution in [0.25, 0.3) is 0 Å². The molecule has 1 aromatic heterocycles. The van der Waals surface area contributed by atoms with Gasteiger partial charge in [0.15, 0.2) is 5.82 Å². The Morgan fingerprint density at radius 3 is 2.88 bits per heavy atom. The van der Waals surface area contributed by atoms with E-state index in [4.69, 9.17) is 0 Å². The Morgan fingerprint density at radius 1 is 1.53 bits per heavy atom. The molecule has 0 atom stereocenters. The zero-order valence-corrected chi connectivity index (χ0v) is 11.2. The van der Waals surface area contributed by atoms with E-state index in [9.17, 15) is 13.2 Å². The molecule has 1 N–H and O–H groups in total. The highest BCUT2D eigenvalue weighted by Crippen LogP contribution is 2.28. The lowest BCUT2D eigenvalue weighted by molar-refractivity contribution is -0.115. The number of halogens is 1. The molecule has 6 nitrogen and oxygen atoms in total. The Balaban J connectivity index is 2.50. The third kappa shape index (κ3) is 2.52. The summed E-state index contributed by atoms with van der Waals surface area (Å²) in [5, 5.41) is 2.73. The maximum atomic E-state index is 11.8. The van der Waals surface area contributed by atoms with Gasteiger partial charge in [0.2, 0.25) is 0 Å². The van der Waals surface area contributed by atoms with Gasteiger partial charge in [0.05, 0.1) is 6.42 Å². The lowest BCUT2D eigenvalue weighted by Crippen LogP contribution is -2.24. The van der Waals surface area contributed by atoms with Gasteiger partial charge < -0.3 is 5.32 Å². The van der Waals surface area contributed by atoms with Crippen LogP contribution in [0.5, 0.6) is 0 Å². The largest absolute Gasteiger partial charge is 0.326 e. The quantitative estimate of drug-likeness (QED) is 0.889. The van der Waals surface area contributed by atoms with E-state index < -0.39 is 10.0 Å². The van der Waals surface area contributed by atoms with E-state index in [0.717, 1.165) is 0 Å². The number of nitrogens with one attached hydrogen (secondary N) is 1. The van der Waals surface area contributed by atoms with Crippen molar-refractivity contribution in [3.05, 3.63) is 16.7 Å². The molecule has 2 heterocycles. The van der Waals surface area contributed by atoms with Crippen molar-refractivity contribution in [1.82, 2.24) is 4.98 Å². The maximum Gasteiger partial charge on any atom is 0.287 e. The highest BCUT2D eigenvalue weighted by atomic mass is 79.9. The van der Waals surface area contributed by atoms with E-state index >= 15 is 0 Å². The van der Waals surface area contributed by atoms with Gasteiger partial charge in [-0.3, -0.25) is 4.79 Å². The maximum absolute atomic E-state index is 11.8. The second-order valence-electron chi connectivity index (χ2n) is 3.52. The molecular formula is C9H8BrN3O3S. The van der Waals surface area contributed by atoms with Crippen LogP contribution in [-0.4, -0.2) is 25.0 Å². The monoisotopic (exact) mass is 317 g/mol. The molecule has 0 unspecified atom stereocenters. The van der Waals surface area contributed by atoms with Crippen LogP contribution < -0.4 is 5.32 Å². The molecule has 0 bridgehead atoms. The number of Topliss-reactive ketones (excluding diaryl/α,β-unsaturated/α-hetero) is 1. The number of aromatic nitrogens is 1. The molecule has 90 valence electrons. The number of pyridine rings is 1. The standard InChI is InChI=1S/C9H8BrN3O3S/c1-5(14)2-8-12-9-7(17(15,16)13-8)3-6(10)4-11-9/h3-4H,2H2,1H3,(H,11,12,13). The fourth-order valence-electron chi connectivity index (χ4n) is 1.38. The number of anilines is 1. The molecule has 0 radical (unpaired) electrons. The molecule has 0 fully saturated rings. The van der Waals surface area contributed by atoms with Crippen molar-refractivity contribution >= 4 is 43.4 Å². The molecule has 1 aliphatic heterocycles. The molecule has 0 saturated carbocycles. The fourth-order valence-corrected chi connectivity index (χ4v) is 2.98. The lowest BCUT2D eigenvalue weighted by Gasteiger charge is -2.16. The van der Waals surface area contributed by atoms with Gasteiger partial charge >= 0.3 is 0 Å². The number of rotatable bonds is 2. The third-order valence-corrected chi connectivity index (χ3v) is 3.77. The Bertz CT molecular complexity index is 624. The van der Waals surface area contributed by atoms with Crippen molar-refractivity contribution in [3.63, 3.8) is 0 Å². The third-order valence-electron chi connectivity index (χ3n) is 2.01. The first-order chi connectivity index (χ1) is 7.88. The first kappa shape index (κ1) is 12.2. The minimum absolute atomic E-state index is 0.000762. The topological polar surface area (TPSA) is 88.5 Å². The molecule has 0 aromatic carbocycles. The average molecular weight is 318 g/mol. The summed E-state index contributed by atoms with van der Waals surface area (Å²) in [6, 6.07) is 1.42. The van der Waals surface area contributed by atoms with Crippen LogP contribution in [0.3, 0.4) is 0 Å². The Morgan fingerprint density at radius 2 is 2.24 bits per heavy atom. The number of fused-ring (bicyclic) bond motifs is 1. The highest BCUT2D eigenvalue weighted by molar-refractivity contribution is 9.10. The summed E-state index contributed by atoms with van der Waals surface area (Å²) in [6.45, 7) is 1.36. The minimum Gasteiger partial charge on any atom is -0.326 e. The predicted octanol–water partition coefficient (Wildman–Crippen LogP) is 1.34. The zero-order valence-electron chi connectivity index (χ0n) is 8.77. The van der Waals surface area contributed by atoms with Crippen LogP contribution in [0.4, 0.5) is 5.82 Å². The zero-order chi connectivity index (χ0) is 12.6. The van der Waals surface area contributed by atoms with E-state index in [0.29, 0.717) is 4.47 Å². The van der Waals surface area contributed by atoms with E-state index in [1.165, 1.54) is 19.2 Å². The predicted molar refractivity (Wildman–Crippen MR) is 65.5 cm³/mol. The van der Waals surface area contributed by atoms with Crippen molar-refractivity contribution in [3.8, 4) is 0 Å². The summed E-state index contributed by atoms with van der Waals surface area (Å²) < 4.78 is 27.7. The number of ketones is 1. The molecule has 0 spiro atoms. The van der Waals surface area contributed by atoms with Crippen LogP contribution >= 0.6 is 15.9 Å². The Hall–Kier alpha value is -1.28. The van der Waals surface area contributed by atoms with Crippen molar-refractivity contribution in [2.45, 2.75) is 18.2 Å². The van der Waals surface area contributed by atoms with Crippen molar-refractivity contribution in [2.24, 2.45) is 4.40 Å². The molecule has 8 heteroatoms. The number of hydrogen-bond donors (Lipinski definition) is 1. The van der Waals surface area contributed by atoms with Gasteiger partial charge in [-0.05, 0) is 28.9 Å². The van der Waals surface area contributed by atoms with Gasteiger partial charge in [-0.2, -0.15) is 8.42 Å². The number of sulfonamides is 1. The van der Waals surface area contributed by atoms with Crippen LogP contribution in [0.1, 0.15) is 13.3 Å². The van der Waals surface area contributed by atoms with Gasteiger partial charge in [0.25, 0.3) is 10.0 Å². The summed E-state index contributed by atoms with van der Waals surface area (Å²) in [7, 11) is -3.78. The van der Waals surface area contributed by atoms with Gasteiger partial charge in [-0.15, -0.1) is 4.40 Å². The normalized spacial score (nSPS) is 16.7. The summed E-state index contributed by atoms with van der Waals surface area (Å²) in [4.78, 5) is 14.9. The summed E-state index contributed by atoms with van der Waals surface area (Å²) in [5.41, 5.74) is 0. The van der Waals surface area contributed by atoms with E-state index in [1.807, 2.05) is 0 Å². The summed E-state index contributed by atoms with van der Waals surface area (Å²) in [5.74, 6) is 0.117. The SMILES string of the molecule is CC(=O)CC1=NS(=O)(=O)c2cc(Br)cnc2N1. The first-order valence-electron chi connectivity index (χ1n) is 4.64. The molecule has 0 amide bonds. The second-order valence-corrected chi connectivity index (χ2v) is 6.01. The van der Waals surface area contributed by atoms with E-state index in [2.05, 4.69) is 30.6 Å². The minimum atomic E-state index is -3.78. The molecule has 2 rings (SSSR count). The molecule has 17 heavy (non-hydrogen) atoms. The number of amidine groups is 1. The number of carbonyl (C=O) groups is 1. The molecule has 0 aliphatic carbocycles. The number of carbonyl (C=O) groups excluding carboxylic acids is 1. The molecular weight excluding hydrogens is 310 g/mol. The highest BCUT2D eigenvalue weighted by Gasteiger charge is 2.26.